The Labute approximate surface area is 136 Å². The van der Waals surface area contributed by atoms with Crippen LogP contribution >= 0.6 is 0 Å². The third-order valence-electron chi connectivity index (χ3n) is 4.17. The lowest BCUT2D eigenvalue weighted by Gasteiger charge is -2.17. The summed E-state index contributed by atoms with van der Waals surface area (Å²) in [7, 11) is 0. The highest BCUT2D eigenvalue weighted by Crippen LogP contribution is 2.20. The second-order valence-corrected chi connectivity index (χ2v) is 6.02. The van der Waals surface area contributed by atoms with Gasteiger partial charge in [-0.2, -0.15) is 0 Å². The highest BCUT2D eigenvalue weighted by atomic mass is 16.4. The lowest BCUT2D eigenvalue weighted by atomic mass is 9.98. The van der Waals surface area contributed by atoms with Crippen LogP contribution in [-0.4, -0.2) is 23.0 Å². The third-order valence-corrected chi connectivity index (χ3v) is 4.17. The molecule has 4 heteroatoms. The molecule has 0 bridgehead atoms. The van der Waals surface area contributed by atoms with Crippen LogP contribution in [0.5, 0.6) is 0 Å². The minimum atomic E-state index is -1.00. The Morgan fingerprint density at radius 2 is 1.83 bits per heavy atom. The van der Waals surface area contributed by atoms with Gasteiger partial charge in [-0.3, -0.25) is 4.79 Å². The summed E-state index contributed by atoms with van der Waals surface area (Å²) in [5.74, 6) is -0.954. The van der Waals surface area contributed by atoms with E-state index in [-0.39, 0.29) is 18.2 Å². The topological polar surface area (TPSA) is 66.4 Å². The number of fused-ring (bicyclic) bond motifs is 1. The van der Waals surface area contributed by atoms with Crippen LogP contribution in [0, 0.1) is 5.92 Å². The van der Waals surface area contributed by atoms with E-state index in [2.05, 4.69) is 5.32 Å². The van der Waals surface area contributed by atoms with Gasteiger partial charge in [0.25, 0.3) is 0 Å². The lowest BCUT2D eigenvalue weighted by molar-refractivity contribution is -0.141. The fourth-order valence-electron chi connectivity index (χ4n) is 2.60. The standard InChI is InChI=1S/C19H23NO3/c1-3-13(2)11-18(21)20-17(19(22)23)12-15-9-6-8-14-7-4-5-10-16(14)15/h4-10,13,17H,3,11-12H2,1-2H3,(H,20,21)(H,22,23)/t13?,17-/m0/s1. The molecular weight excluding hydrogens is 290 g/mol. The molecule has 2 N–H and O–H groups in total. The smallest absolute Gasteiger partial charge is 0.326 e. The van der Waals surface area contributed by atoms with Crippen molar-refractivity contribution < 1.29 is 14.7 Å². The van der Waals surface area contributed by atoms with Gasteiger partial charge < -0.3 is 10.4 Å². The van der Waals surface area contributed by atoms with Crippen molar-refractivity contribution >= 4 is 22.6 Å². The number of hydrogen-bond acceptors (Lipinski definition) is 2. The van der Waals surface area contributed by atoms with Gasteiger partial charge in [0.05, 0.1) is 0 Å². The largest absolute Gasteiger partial charge is 0.480 e. The van der Waals surface area contributed by atoms with Crippen LogP contribution in [0.15, 0.2) is 42.5 Å². The fraction of sp³-hybridized carbons (Fsp3) is 0.368. The van der Waals surface area contributed by atoms with E-state index in [1.54, 1.807) is 0 Å². The predicted molar refractivity (Wildman–Crippen MR) is 91.3 cm³/mol. The summed E-state index contributed by atoms with van der Waals surface area (Å²) < 4.78 is 0. The van der Waals surface area contributed by atoms with Crippen molar-refractivity contribution in [2.24, 2.45) is 5.92 Å². The van der Waals surface area contributed by atoms with E-state index >= 15 is 0 Å². The molecule has 0 radical (unpaired) electrons. The quantitative estimate of drug-likeness (QED) is 0.823. The maximum absolute atomic E-state index is 12.0. The van der Waals surface area contributed by atoms with Gasteiger partial charge in [0.15, 0.2) is 0 Å². The SMILES string of the molecule is CCC(C)CC(=O)N[C@@H](Cc1cccc2ccccc12)C(=O)O. The molecule has 0 spiro atoms. The molecule has 0 aliphatic rings. The normalized spacial score (nSPS) is 13.5. The van der Waals surface area contributed by atoms with Crippen LogP contribution in [0.3, 0.4) is 0 Å². The fourth-order valence-corrected chi connectivity index (χ4v) is 2.60. The van der Waals surface area contributed by atoms with Crippen molar-refractivity contribution in [3.63, 3.8) is 0 Å². The van der Waals surface area contributed by atoms with E-state index < -0.39 is 12.0 Å². The summed E-state index contributed by atoms with van der Waals surface area (Å²) in [5.41, 5.74) is 0.930. The van der Waals surface area contributed by atoms with Gasteiger partial charge in [0.2, 0.25) is 5.91 Å². The van der Waals surface area contributed by atoms with Gasteiger partial charge in [-0.1, -0.05) is 62.7 Å². The molecule has 0 aromatic heterocycles. The van der Waals surface area contributed by atoms with Crippen molar-refractivity contribution in [1.82, 2.24) is 5.32 Å². The first-order valence-electron chi connectivity index (χ1n) is 8.00. The van der Waals surface area contributed by atoms with Crippen molar-refractivity contribution in [3.05, 3.63) is 48.0 Å². The molecule has 4 nitrogen and oxygen atoms in total. The first-order valence-corrected chi connectivity index (χ1v) is 8.00. The second kappa shape index (κ2) is 7.77. The van der Waals surface area contributed by atoms with Crippen LogP contribution in [0.4, 0.5) is 0 Å². The van der Waals surface area contributed by atoms with Crippen molar-refractivity contribution in [1.29, 1.82) is 0 Å². The van der Waals surface area contributed by atoms with Crippen LogP contribution in [0.25, 0.3) is 10.8 Å². The minimum Gasteiger partial charge on any atom is -0.480 e. The van der Waals surface area contributed by atoms with Gasteiger partial charge >= 0.3 is 5.97 Å². The summed E-state index contributed by atoms with van der Waals surface area (Å²) in [6, 6.07) is 12.8. The average Bonchev–Trinajstić information content (AvgIpc) is 2.54. The number of amides is 1. The zero-order valence-corrected chi connectivity index (χ0v) is 13.6. The summed E-state index contributed by atoms with van der Waals surface area (Å²) >= 11 is 0. The lowest BCUT2D eigenvalue weighted by Crippen LogP contribution is -2.42. The van der Waals surface area contributed by atoms with E-state index in [4.69, 9.17) is 0 Å². The molecule has 1 amide bonds. The zero-order chi connectivity index (χ0) is 16.8. The van der Waals surface area contributed by atoms with Crippen molar-refractivity contribution in [2.75, 3.05) is 0 Å². The molecule has 0 saturated heterocycles. The first kappa shape index (κ1) is 17.0. The van der Waals surface area contributed by atoms with Gasteiger partial charge in [0.1, 0.15) is 6.04 Å². The van der Waals surface area contributed by atoms with Crippen LogP contribution in [-0.2, 0) is 16.0 Å². The zero-order valence-electron chi connectivity index (χ0n) is 13.6. The number of carbonyl (C=O) groups is 2. The molecule has 2 aromatic carbocycles. The van der Waals surface area contributed by atoms with Crippen LogP contribution in [0.1, 0.15) is 32.3 Å². The summed E-state index contributed by atoms with van der Waals surface area (Å²) in [5, 5.41) is 14.2. The molecule has 2 aromatic rings. The number of carbonyl (C=O) groups excluding carboxylic acids is 1. The molecule has 2 rings (SSSR count). The van der Waals surface area contributed by atoms with E-state index in [1.807, 2.05) is 56.3 Å². The molecule has 1 unspecified atom stereocenters. The number of nitrogens with one attached hydrogen (secondary N) is 1. The Morgan fingerprint density at radius 3 is 2.52 bits per heavy atom. The third kappa shape index (κ3) is 4.55. The maximum Gasteiger partial charge on any atom is 0.326 e. The number of carboxylic acids is 1. The Hall–Kier alpha value is -2.36. The van der Waals surface area contributed by atoms with E-state index in [0.29, 0.717) is 6.42 Å². The molecule has 2 atom stereocenters. The summed E-state index contributed by atoms with van der Waals surface area (Å²) in [6.07, 6.45) is 1.53. The highest BCUT2D eigenvalue weighted by Gasteiger charge is 2.21. The van der Waals surface area contributed by atoms with Crippen LogP contribution in [0.2, 0.25) is 0 Å². The number of rotatable bonds is 7. The van der Waals surface area contributed by atoms with Gasteiger partial charge in [-0.25, -0.2) is 4.79 Å². The monoisotopic (exact) mass is 313 g/mol. The Bertz CT molecular complexity index is 691. The van der Waals surface area contributed by atoms with Crippen molar-refractivity contribution in [3.8, 4) is 0 Å². The number of benzene rings is 2. The maximum atomic E-state index is 12.0. The molecule has 0 saturated carbocycles. The number of carboxylic acid groups (broad SMARTS) is 1. The summed E-state index contributed by atoms with van der Waals surface area (Å²) in [6.45, 7) is 4.00. The Kier molecular flexibility index (Phi) is 5.74. The average molecular weight is 313 g/mol. The molecule has 0 heterocycles. The predicted octanol–water partition coefficient (Wildman–Crippen LogP) is 3.39. The highest BCUT2D eigenvalue weighted by molar-refractivity contribution is 5.88. The Morgan fingerprint density at radius 1 is 1.13 bits per heavy atom. The first-order chi connectivity index (χ1) is 11.0. The Balaban J connectivity index is 2.16. The van der Waals surface area contributed by atoms with E-state index in [9.17, 15) is 14.7 Å². The van der Waals surface area contributed by atoms with E-state index in [0.717, 1.165) is 22.8 Å². The number of aliphatic carboxylic acids is 1. The van der Waals surface area contributed by atoms with Gasteiger partial charge in [0, 0.05) is 12.8 Å². The van der Waals surface area contributed by atoms with Crippen LogP contribution < -0.4 is 5.32 Å². The van der Waals surface area contributed by atoms with Crippen molar-refractivity contribution in [2.45, 2.75) is 39.2 Å². The van der Waals surface area contributed by atoms with Gasteiger partial charge in [-0.15, -0.1) is 0 Å². The summed E-state index contributed by atoms with van der Waals surface area (Å²) in [4.78, 5) is 23.5. The number of hydrogen-bond donors (Lipinski definition) is 2. The minimum absolute atomic E-state index is 0.202. The second-order valence-electron chi connectivity index (χ2n) is 6.02. The molecule has 23 heavy (non-hydrogen) atoms. The molecular formula is C19H23NO3. The molecule has 0 fully saturated rings. The van der Waals surface area contributed by atoms with Gasteiger partial charge in [-0.05, 0) is 22.3 Å². The van der Waals surface area contributed by atoms with E-state index in [1.165, 1.54) is 0 Å². The molecule has 0 aliphatic heterocycles. The molecule has 0 aliphatic carbocycles. The molecule has 122 valence electrons.